The quantitative estimate of drug-likeness (QED) is 0.605. The average molecular weight is 316 g/mol. The zero-order chi connectivity index (χ0) is 15.5. The summed E-state index contributed by atoms with van der Waals surface area (Å²) in [6.45, 7) is 0. The van der Waals surface area contributed by atoms with E-state index in [0.29, 0.717) is 24.8 Å². The van der Waals surface area contributed by atoms with Crippen LogP contribution >= 0.6 is 0 Å². The number of methoxy groups -OCH3 is 1. The summed E-state index contributed by atoms with van der Waals surface area (Å²) in [7, 11) is -1.48. The van der Waals surface area contributed by atoms with E-state index in [9.17, 15) is 12.8 Å². The minimum atomic E-state index is -2.90. The van der Waals surface area contributed by atoms with Crippen molar-refractivity contribution in [2.45, 2.75) is 25.3 Å². The molecule has 21 heavy (non-hydrogen) atoms. The number of ether oxygens (including phenoxy) is 1. The van der Waals surface area contributed by atoms with Gasteiger partial charge in [0, 0.05) is 6.04 Å². The number of nitrogens with one attached hydrogen (secondary N) is 1. The second-order valence-corrected chi connectivity index (χ2v) is 7.73. The number of sulfone groups is 1. The molecule has 0 amide bonds. The summed E-state index contributed by atoms with van der Waals surface area (Å²) in [6, 6.07) is 4.82. The maximum atomic E-state index is 14.1. The van der Waals surface area contributed by atoms with Gasteiger partial charge in [0.1, 0.15) is 0 Å². The summed E-state index contributed by atoms with van der Waals surface area (Å²) in [5.41, 5.74) is 3.18. The van der Waals surface area contributed by atoms with Crippen LogP contribution in [-0.4, -0.2) is 33.1 Å². The van der Waals surface area contributed by atoms with E-state index in [1.165, 1.54) is 7.11 Å². The lowest BCUT2D eigenvalue weighted by Crippen LogP contribution is -2.38. The summed E-state index contributed by atoms with van der Waals surface area (Å²) in [6.07, 6.45) is 1.67. The van der Waals surface area contributed by atoms with Gasteiger partial charge in [-0.15, -0.1) is 0 Å². The predicted octanol–water partition coefficient (Wildman–Crippen LogP) is 1.03. The number of benzene rings is 1. The maximum absolute atomic E-state index is 14.1. The van der Waals surface area contributed by atoms with Crippen LogP contribution in [0.3, 0.4) is 0 Å². The Balaban J connectivity index is 2.03. The van der Waals surface area contributed by atoms with Gasteiger partial charge in [-0.05, 0) is 36.8 Å². The second kappa shape index (κ2) is 6.72. The topological polar surface area (TPSA) is 81.4 Å². The fourth-order valence-electron chi connectivity index (χ4n) is 2.81. The van der Waals surface area contributed by atoms with Crippen LogP contribution in [0.5, 0.6) is 5.75 Å². The Hall–Kier alpha value is -1.18. The van der Waals surface area contributed by atoms with Gasteiger partial charge in [0.25, 0.3) is 0 Å². The van der Waals surface area contributed by atoms with Crippen molar-refractivity contribution in [2.24, 2.45) is 11.8 Å². The number of hydrogen-bond donors (Lipinski definition) is 2. The zero-order valence-electron chi connectivity index (χ0n) is 12.0. The van der Waals surface area contributed by atoms with Crippen LogP contribution in [0, 0.1) is 11.7 Å². The standard InChI is InChI=1S/C14H21FN2O3S/c1-20-13-4-2-3-11(14(13)15)8-12(17-16)7-10-5-6-21(18,19)9-10/h2-4,10,12,17H,5-9,16H2,1H3. The molecule has 5 nitrogen and oxygen atoms in total. The lowest BCUT2D eigenvalue weighted by Gasteiger charge is -2.20. The van der Waals surface area contributed by atoms with Gasteiger partial charge in [0.2, 0.25) is 0 Å². The molecule has 1 aliphatic rings. The molecule has 118 valence electrons. The Morgan fingerprint density at radius 2 is 2.29 bits per heavy atom. The molecule has 0 aromatic heterocycles. The van der Waals surface area contributed by atoms with Crippen molar-refractivity contribution in [3.8, 4) is 5.75 Å². The molecule has 1 aliphatic heterocycles. The first-order valence-electron chi connectivity index (χ1n) is 6.93. The van der Waals surface area contributed by atoms with Gasteiger partial charge < -0.3 is 4.74 Å². The summed E-state index contributed by atoms with van der Waals surface area (Å²) < 4.78 is 42.0. The normalized spacial score (nSPS) is 22.1. The lowest BCUT2D eigenvalue weighted by atomic mass is 9.95. The molecule has 0 saturated carbocycles. The first-order chi connectivity index (χ1) is 9.95. The molecule has 1 heterocycles. The molecule has 0 aliphatic carbocycles. The molecule has 2 atom stereocenters. The fraction of sp³-hybridized carbons (Fsp3) is 0.571. The van der Waals surface area contributed by atoms with Crippen LogP contribution < -0.4 is 16.0 Å². The molecule has 2 rings (SSSR count). The predicted molar refractivity (Wildman–Crippen MR) is 79.1 cm³/mol. The van der Waals surface area contributed by atoms with Gasteiger partial charge in [-0.3, -0.25) is 11.3 Å². The Morgan fingerprint density at radius 3 is 2.86 bits per heavy atom. The lowest BCUT2D eigenvalue weighted by molar-refractivity contribution is 0.376. The van der Waals surface area contributed by atoms with E-state index in [1.807, 2.05) is 0 Å². The fourth-order valence-corrected chi connectivity index (χ4v) is 4.69. The highest BCUT2D eigenvalue weighted by atomic mass is 32.2. The Kier molecular flexibility index (Phi) is 5.18. The van der Waals surface area contributed by atoms with Crippen molar-refractivity contribution < 1.29 is 17.5 Å². The molecule has 1 aromatic carbocycles. The highest BCUT2D eigenvalue weighted by Crippen LogP contribution is 2.26. The smallest absolute Gasteiger partial charge is 0.168 e. The van der Waals surface area contributed by atoms with E-state index in [2.05, 4.69) is 5.43 Å². The average Bonchev–Trinajstić information content (AvgIpc) is 2.79. The van der Waals surface area contributed by atoms with Crippen molar-refractivity contribution >= 4 is 9.84 Å². The molecule has 0 spiro atoms. The molecule has 1 saturated heterocycles. The Bertz CT molecular complexity index is 592. The van der Waals surface area contributed by atoms with Crippen molar-refractivity contribution in [3.05, 3.63) is 29.6 Å². The van der Waals surface area contributed by atoms with Gasteiger partial charge in [0.05, 0.1) is 18.6 Å². The highest BCUT2D eigenvalue weighted by molar-refractivity contribution is 7.91. The van der Waals surface area contributed by atoms with E-state index in [-0.39, 0.29) is 35.0 Å². The summed E-state index contributed by atoms with van der Waals surface area (Å²) in [4.78, 5) is 0. The third-order valence-corrected chi connectivity index (χ3v) is 5.75. The summed E-state index contributed by atoms with van der Waals surface area (Å²) in [5.74, 6) is 5.87. The molecule has 3 N–H and O–H groups in total. The largest absolute Gasteiger partial charge is 0.494 e. The molecule has 1 fully saturated rings. The van der Waals surface area contributed by atoms with Gasteiger partial charge in [-0.25, -0.2) is 12.8 Å². The molecule has 1 aromatic rings. The van der Waals surface area contributed by atoms with E-state index < -0.39 is 9.84 Å². The molecule has 0 bridgehead atoms. The van der Waals surface area contributed by atoms with Gasteiger partial charge >= 0.3 is 0 Å². The summed E-state index contributed by atoms with van der Waals surface area (Å²) in [5, 5.41) is 0. The molecule has 0 radical (unpaired) electrons. The van der Waals surface area contributed by atoms with Crippen molar-refractivity contribution in [1.29, 1.82) is 0 Å². The number of hydrogen-bond acceptors (Lipinski definition) is 5. The number of halogens is 1. The van der Waals surface area contributed by atoms with Crippen LogP contribution in [-0.2, 0) is 16.3 Å². The van der Waals surface area contributed by atoms with Gasteiger partial charge in [-0.2, -0.15) is 0 Å². The van der Waals surface area contributed by atoms with Gasteiger partial charge in [-0.1, -0.05) is 12.1 Å². The molecule has 7 heteroatoms. The third kappa shape index (κ3) is 4.15. The van der Waals surface area contributed by atoms with E-state index >= 15 is 0 Å². The Labute approximate surface area is 124 Å². The van der Waals surface area contributed by atoms with E-state index in [4.69, 9.17) is 10.6 Å². The first kappa shape index (κ1) is 16.2. The maximum Gasteiger partial charge on any atom is 0.168 e. The minimum absolute atomic E-state index is 0.0877. The van der Waals surface area contributed by atoms with Crippen LogP contribution in [0.1, 0.15) is 18.4 Å². The minimum Gasteiger partial charge on any atom is -0.494 e. The van der Waals surface area contributed by atoms with Crippen LogP contribution in [0.15, 0.2) is 18.2 Å². The second-order valence-electron chi connectivity index (χ2n) is 5.51. The molecule has 2 unspecified atom stereocenters. The number of nitrogens with two attached hydrogens (primary N) is 1. The Morgan fingerprint density at radius 1 is 1.52 bits per heavy atom. The third-order valence-electron chi connectivity index (χ3n) is 3.91. The van der Waals surface area contributed by atoms with E-state index in [0.717, 1.165) is 0 Å². The van der Waals surface area contributed by atoms with Crippen molar-refractivity contribution in [2.75, 3.05) is 18.6 Å². The van der Waals surface area contributed by atoms with Crippen molar-refractivity contribution in [1.82, 2.24) is 5.43 Å². The van der Waals surface area contributed by atoms with Crippen molar-refractivity contribution in [3.63, 3.8) is 0 Å². The number of hydrazine groups is 1. The zero-order valence-corrected chi connectivity index (χ0v) is 12.8. The number of rotatable bonds is 6. The molecular weight excluding hydrogens is 295 g/mol. The van der Waals surface area contributed by atoms with Crippen LogP contribution in [0.2, 0.25) is 0 Å². The first-order valence-corrected chi connectivity index (χ1v) is 8.75. The van der Waals surface area contributed by atoms with Crippen LogP contribution in [0.25, 0.3) is 0 Å². The van der Waals surface area contributed by atoms with E-state index in [1.54, 1.807) is 18.2 Å². The van der Waals surface area contributed by atoms with Crippen LogP contribution in [0.4, 0.5) is 4.39 Å². The molecular formula is C14H21FN2O3S. The monoisotopic (exact) mass is 316 g/mol. The summed E-state index contributed by atoms with van der Waals surface area (Å²) >= 11 is 0. The highest BCUT2D eigenvalue weighted by Gasteiger charge is 2.29. The SMILES string of the molecule is COc1cccc(CC(CC2CCS(=O)(=O)C2)NN)c1F. The van der Waals surface area contributed by atoms with Gasteiger partial charge in [0.15, 0.2) is 21.4 Å².